The summed E-state index contributed by atoms with van der Waals surface area (Å²) in [6.45, 7) is 1.72. The Morgan fingerprint density at radius 1 is 1.19 bits per heavy atom. The molecule has 31 heavy (non-hydrogen) atoms. The van der Waals surface area contributed by atoms with Gasteiger partial charge in [0.15, 0.2) is 5.75 Å². The van der Waals surface area contributed by atoms with Gasteiger partial charge in [0.2, 0.25) is 5.91 Å². The third-order valence-electron chi connectivity index (χ3n) is 4.27. The van der Waals surface area contributed by atoms with Crippen molar-refractivity contribution < 1.29 is 23.9 Å². The molecule has 2 aromatic carbocycles. The maximum absolute atomic E-state index is 12.6. The highest BCUT2D eigenvalue weighted by Gasteiger charge is 2.35. The molecule has 1 aliphatic heterocycles. The van der Waals surface area contributed by atoms with Crippen LogP contribution in [-0.2, 0) is 9.59 Å². The summed E-state index contributed by atoms with van der Waals surface area (Å²) >= 11 is 12.4. The molecule has 0 atom stereocenters. The van der Waals surface area contributed by atoms with Gasteiger partial charge in [0.25, 0.3) is 5.91 Å². The summed E-state index contributed by atoms with van der Waals surface area (Å²) in [5.41, 5.74) is 0.908. The molecule has 0 radical (unpaired) electrons. The summed E-state index contributed by atoms with van der Waals surface area (Å²) < 4.78 is 10.5. The van der Waals surface area contributed by atoms with E-state index in [1.54, 1.807) is 43.3 Å². The number of carbonyl (C=O) groups is 3. The van der Waals surface area contributed by atoms with Gasteiger partial charge < -0.3 is 20.1 Å². The second kappa shape index (κ2) is 9.72. The quantitative estimate of drug-likeness (QED) is 0.478. The third-order valence-corrected chi connectivity index (χ3v) is 4.83. The van der Waals surface area contributed by atoms with Crippen molar-refractivity contribution >= 4 is 52.8 Å². The number of para-hydroxylation sites is 2. The van der Waals surface area contributed by atoms with E-state index in [1.807, 2.05) is 0 Å². The van der Waals surface area contributed by atoms with E-state index in [1.165, 1.54) is 13.2 Å². The van der Waals surface area contributed by atoms with E-state index in [0.29, 0.717) is 29.4 Å². The van der Waals surface area contributed by atoms with E-state index in [4.69, 9.17) is 32.7 Å². The molecule has 1 aliphatic rings. The first-order chi connectivity index (χ1) is 14.8. The molecule has 0 aliphatic carbocycles. The Kier molecular flexibility index (Phi) is 7.04. The Morgan fingerprint density at radius 3 is 2.52 bits per heavy atom. The highest BCUT2D eigenvalue weighted by Crippen LogP contribution is 2.35. The fourth-order valence-corrected chi connectivity index (χ4v) is 3.52. The van der Waals surface area contributed by atoms with Gasteiger partial charge in [-0.2, -0.15) is 0 Å². The molecule has 0 unspecified atom stereocenters. The maximum atomic E-state index is 12.6. The van der Waals surface area contributed by atoms with Crippen LogP contribution < -0.4 is 20.1 Å². The molecule has 1 fully saturated rings. The van der Waals surface area contributed by atoms with E-state index in [9.17, 15) is 14.4 Å². The van der Waals surface area contributed by atoms with Crippen LogP contribution in [0.2, 0.25) is 10.0 Å². The van der Waals surface area contributed by atoms with Gasteiger partial charge >= 0.3 is 6.03 Å². The zero-order valence-electron chi connectivity index (χ0n) is 16.7. The Hall–Kier alpha value is -3.23. The van der Waals surface area contributed by atoms with Gasteiger partial charge in [0, 0.05) is 0 Å². The normalized spacial score (nSPS) is 14.6. The summed E-state index contributed by atoms with van der Waals surface area (Å²) in [7, 11) is 1.47. The van der Waals surface area contributed by atoms with Crippen LogP contribution >= 0.6 is 23.2 Å². The predicted octanol–water partition coefficient (Wildman–Crippen LogP) is 3.93. The monoisotopic (exact) mass is 463 g/mol. The average Bonchev–Trinajstić information content (AvgIpc) is 2.98. The van der Waals surface area contributed by atoms with Gasteiger partial charge in [-0.05, 0) is 42.8 Å². The number of hydrogen-bond acceptors (Lipinski definition) is 5. The Bertz CT molecular complexity index is 1050. The van der Waals surface area contributed by atoms with E-state index in [0.717, 1.165) is 4.90 Å². The fraction of sp³-hybridized carbons (Fsp3) is 0.190. The van der Waals surface area contributed by atoms with Gasteiger partial charge in [-0.3, -0.25) is 9.59 Å². The van der Waals surface area contributed by atoms with Crippen LogP contribution in [0.5, 0.6) is 11.5 Å². The minimum absolute atomic E-state index is 0.00798. The molecule has 0 bridgehead atoms. The van der Waals surface area contributed by atoms with E-state index >= 15 is 0 Å². The number of nitrogens with zero attached hydrogens (tertiary/aromatic N) is 1. The first kappa shape index (κ1) is 22.5. The van der Waals surface area contributed by atoms with Crippen molar-refractivity contribution in [3.05, 3.63) is 57.7 Å². The molecule has 1 saturated heterocycles. The van der Waals surface area contributed by atoms with Crippen LogP contribution in [0, 0.1) is 0 Å². The summed E-state index contributed by atoms with van der Waals surface area (Å²) in [6, 6.07) is 9.20. The first-order valence-corrected chi connectivity index (χ1v) is 9.98. The largest absolute Gasteiger partial charge is 0.495 e. The number of carbonyl (C=O) groups excluding carboxylic acids is 3. The lowest BCUT2D eigenvalue weighted by molar-refractivity contribution is -0.127. The molecule has 2 aromatic rings. The van der Waals surface area contributed by atoms with Crippen molar-refractivity contribution in [1.82, 2.24) is 10.2 Å². The van der Waals surface area contributed by atoms with Crippen molar-refractivity contribution in [3.8, 4) is 11.5 Å². The number of halogens is 2. The van der Waals surface area contributed by atoms with Crippen molar-refractivity contribution in [1.29, 1.82) is 0 Å². The van der Waals surface area contributed by atoms with E-state index in [2.05, 4.69) is 10.6 Å². The Balaban J connectivity index is 1.74. The lowest BCUT2D eigenvalue weighted by Crippen LogP contribution is -2.38. The lowest BCUT2D eigenvalue weighted by Gasteiger charge is -2.13. The zero-order valence-corrected chi connectivity index (χ0v) is 18.2. The summed E-state index contributed by atoms with van der Waals surface area (Å²) in [4.78, 5) is 38.1. The number of nitrogens with one attached hydrogen (secondary N) is 2. The second-order valence-corrected chi connectivity index (χ2v) is 7.19. The molecule has 10 heteroatoms. The van der Waals surface area contributed by atoms with Crippen molar-refractivity contribution in [2.24, 2.45) is 0 Å². The number of benzene rings is 2. The highest BCUT2D eigenvalue weighted by atomic mass is 35.5. The molecule has 0 saturated carbocycles. The Morgan fingerprint density at radius 2 is 1.87 bits per heavy atom. The van der Waals surface area contributed by atoms with Crippen LogP contribution in [0.25, 0.3) is 6.08 Å². The maximum Gasteiger partial charge on any atom is 0.329 e. The predicted molar refractivity (Wildman–Crippen MR) is 117 cm³/mol. The van der Waals surface area contributed by atoms with Gasteiger partial charge in [0.05, 0.1) is 29.4 Å². The van der Waals surface area contributed by atoms with Crippen molar-refractivity contribution in [2.75, 3.05) is 25.6 Å². The minimum Gasteiger partial charge on any atom is -0.495 e. The number of hydrogen-bond donors (Lipinski definition) is 2. The second-order valence-electron chi connectivity index (χ2n) is 6.37. The van der Waals surface area contributed by atoms with Gasteiger partial charge in [-0.1, -0.05) is 35.3 Å². The van der Waals surface area contributed by atoms with Gasteiger partial charge in [0.1, 0.15) is 18.0 Å². The number of anilines is 1. The van der Waals surface area contributed by atoms with Crippen LogP contribution in [0.4, 0.5) is 10.5 Å². The van der Waals surface area contributed by atoms with Crippen LogP contribution in [0.3, 0.4) is 0 Å². The third kappa shape index (κ3) is 5.10. The molecule has 0 aromatic heterocycles. The lowest BCUT2D eigenvalue weighted by atomic mass is 10.1. The summed E-state index contributed by atoms with van der Waals surface area (Å²) in [5.74, 6) is -0.412. The standard InChI is InChI=1S/C21H19Cl2N3O5/c1-3-31-19-13(22)8-12(9-14(19)23)10-16-20(28)26(21(29)25-16)11-18(27)24-15-6-4-5-7-17(15)30-2/h4-10H,3,11H2,1-2H3,(H,24,27)(H,25,29)/b16-10+. The zero-order chi connectivity index (χ0) is 22.5. The summed E-state index contributed by atoms with van der Waals surface area (Å²) in [6.07, 6.45) is 1.42. The summed E-state index contributed by atoms with van der Waals surface area (Å²) in [5, 5.41) is 5.61. The molecule has 0 spiro atoms. The van der Waals surface area contributed by atoms with Gasteiger partial charge in [-0.15, -0.1) is 0 Å². The Labute approximate surface area is 188 Å². The minimum atomic E-state index is -0.713. The molecule has 1 heterocycles. The van der Waals surface area contributed by atoms with Gasteiger partial charge in [-0.25, -0.2) is 9.69 Å². The van der Waals surface area contributed by atoms with Crippen LogP contribution in [0.15, 0.2) is 42.1 Å². The first-order valence-electron chi connectivity index (χ1n) is 9.23. The number of ether oxygens (including phenoxy) is 2. The molecular formula is C21H19Cl2N3O5. The average molecular weight is 464 g/mol. The number of amides is 4. The molecule has 8 nitrogen and oxygen atoms in total. The van der Waals surface area contributed by atoms with E-state index < -0.39 is 24.4 Å². The molecule has 2 N–H and O–H groups in total. The molecular weight excluding hydrogens is 445 g/mol. The number of imide groups is 1. The number of methoxy groups -OCH3 is 1. The highest BCUT2D eigenvalue weighted by molar-refractivity contribution is 6.37. The topological polar surface area (TPSA) is 97.0 Å². The van der Waals surface area contributed by atoms with Crippen LogP contribution in [-0.4, -0.2) is 43.0 Å². The number of urea groups is 1. The van der Waals surface area contributed by atoms with Crippen LogP contribution in [0.1, 0.15) is 12.5 Å². The fourth-order valence-electron chi connectivity index (χ4n) is 2.91. The molecule has 4 amide bonds. The number of rotatable bonds is 7. The smallest absolute Gasteiger partial charge is 0.329 e. The van der Waals surface area contributed by atoms with Crippen molar-refractivity contribution in [2.45, 2.75) is 6.92 Å². The SMILES string of the molecule is CCOc1c(Cl)cc(/C=C2/NC(=O)N(CC(=O)Nc3ccccc3OC)C2=O)cc1Cl. The van der Waals surface area contributed by atoms with Crippen molar-refractivity contribution in [3.63, 3.8) is 0 Å². The molecule has 3 rings (SSSR count). The van der Waals surface area contributed by atoms with E-state index in [-0.39, 0.29) is 15.7 Å². The molecule has 162 valence electrons.